The van der Waals surface area contributed by atoms with Crippen molar-refractivity contribution in [3.05, 3.63) is 102 Å². The summed E-state index contributed by atoms with van der Waals surface area (Å²) in [7, 11) is 2.05. The maximum absolute atomic E-state index is 13.3. The third kappa shape index (κ3) is 9.39. The average molecular weight is 621 g/mol. The summed E-state index contributed by atoms with van der Waals surface area (Å²) in [6.07, 6.45) is 6.22. The van der Waals surface area contributed by atoms with Gasteiger partial charge in [0.1, 0.15) is 11.4 Å². The molecule has 10 nitrogen and oxygen atoms in total. The number of anilines is 4. The van der Waals surface area contributed by atoms with Crippen molar-refractivity contribution in [2.45, 2.75) is 46.3 Å². The second-order valence-corrected chi connectivity index (χ2v) is 12.3. The van der Waals surface area contributed by atoms with Crippen LogP contribution in [0.5, 0.6) is 5.75 Å². The van der Waals surface area contributed by atoms with E-state index < -0.39 is 11.7 Å². The van der Waals surface area contributed by atoms with Crippen LogP contribution in [0.15, 0.2) is 85.1 Å². The maximum atomic E-state index is 13.3. The quantitative estimate of drug-likeness (QED) is 0.201. The Morgan fingerprint density at radius 2 is 1.76 bits per heavy atom. The number of fused-ring (bicyclic) bond motifs is 7. The molecule has 2 heterocycles. The molecule has 0 unspecified atom stereocenters. The zero-order valence-electron chi connectivity index (χ0n) is 26.9. The molecule has 3 aromatic carbocycles. The van der Waals surface area contributed by atoms with Gasteiger partial charge >= 0.3 is 6.09 Å². The van der Waals surface area contributed by atoms with E-state index in [1.54, 1.807) is 51.2 Å². The van der Waals surface area contributed by atoms with Gasteiger partial charge in [0, 0.05) is 47.5 Å². The van der Waals surface area contributed by atoms with E-state index in [-0.39, 0.29) is 5.91 Å². The molecule has 46 heavy (non-hydrogen) atoms. The zero-order valence-corrected chi connectivity index (χ0v) is 26.9. The Hall–Kier alpha value is -5.22. The number of carbonyl (C=O) groups excluding carboxylic acids is 2. The van der Waals surface area contributed by atoms with Crippen LogP contribution in [0.25, 0.3) is 11.3 Å². The summed E-state index contributed by atoms with van der Waals surface area (Å²) in [6, 6.07) is 20.4. The molecule has 4 aromatic rings. The van der Waals surface area contributed by atoms with Gasteiger partial charge in [0.05, 0.1) is 12.3 Å². The van der Waals surface area contributed by atoms with Gasteiger partial charge in [0.2, 0.25) is 5.95 Å². The standard InChI is InChI=1S/C36H40N6O4/c1-24-17-27-21-31(18-24)45-16-8-6-7-15-42(5)23-25-19-29(22-30(20-25)39-34-37-14-13-32(27)41-34)38-33(43)26-9-11-28(12-10-26)40-35(44)46-36(2,3)4/h6-7,9-14,17-22H,8,15-16,23H2,1-5H3,(H,38,43)(H,40,44)(H,37,39,41)/b7-6+. The van der Waals surface area contributed by atoms with Gasteiger partial charge in [0.15, 0.2) is 0 Å². The first-order valence-corrected chi connectivity index (χ1v) is 15.2. The second-order valence-electron chi connectivity index (χ2n) is 12.3. The minimum Gasteiger partial charge on any atom is -0.493 e. The molecule has 0 atom stereocenters. The lowest BCUT2D eigenvalue weighted by molar-refractivity contribution is 0.0635. The number of benzene rings is 3. The predicted octanol–water partition coefficient (Wildman–Crippen LogP) is 7.57. The Morgan fingerprint density at radius 1 is 0.957 bits per heavy atom. The number of hydrogen-bond acceptors (Lipinski definition) is 8. The van der Waals surface area contributed by atoms with E-state index in [9.17, 15) is 9.59 Å². The smallest absolute Gasteiger partial charge is 0.412 e. The van der Waals surface area contributed by atoms with E-state index in [0.717, 1.165) is 46.8 Å². The zero-order chi connectivity index (χ0) is 32.7. The first-order chi connectivity index (χ1) is 22.0. The van der Waals surface area contributed by atoms with E-state index in [0.29, 0.717) is 36.0 Å². The number of nitrogens with zero attached hydrogens (tertiary/aromatic N) is 3. The lowest BCUT2D eigenvalue weighted by atomic mass is 10.1. The Labute approximate surface area is 269 Å². The largest absolute Gasteiger partial charge is 0.493 e. The van der Waals surface area contributed by atoms with Crippen LogP contribution in [0.4, 0.5) is 27.8 Å². The lowest BCUT2D eigenvalue weighted by Crippen LogP contribution is -2.27. The number of nitrogens with one attached hydrogen (secondary N) is 3. The Balaban J connectivity index is 1.39. The summed E-state index contributed by atoms with van der Waals surface area (Å²) in [6.45, 7) is 9.41. The van der Waals surface area contributed by atoms with Gasteiger partial charge in [-0.05, 0) is 119 Å². The molecule has 3 N–H and O–H groups in total. The van der Waals surface area contributed by atoms with E-state index in [1.165, 1.54) is 0 Å². The molecule has 1 aliphatic heterocycles. The number of aromatic nitrogens is 2. The first-order valence-electron chi connectivity index (χ1n) is 15.2. The predicted molar refractivity (Wildman–Crippen MR) is 182 cm³/mol. The van der Waals surface area contributed by atoms with Crippen molar-refractivity contribution >= 4 is 35.0 Å². The molecular formula is C36H40N6O4. The third-order valence-corrected chi connectivity index (χ3v) is 6.89. The summed E-state index contributed by atoms with van der Waals surface area (Å²) in [5, 5.41) is 9.03. The molecule has 2 amide bonds. The maximum Gasteiger partial charge on any atom is 0.412 e. The van der Waals surface area contributed by atoms with Crippen LogP contribution in [0.1, 0.15) is 48.7 Å². The van der Waals surface area contributed by atoms with Crippen molar-refractivity contribution < 1.29 is 19.1 Å². The molecule has 5 rings (SSSR count). The number of rotatable bonds is 3. The van der Waals surface area contributed by atoms with Crippen molar-refractivity contribution in [3.8, 4) is 17.0 Å². The number of likely N-dealkylation sites (N-methyl/N-ethyl adjacent to an activating group) is 1. The lowest BCUT2D eigenvalue weighted by Gasteiger charge is -2.19. The van der Waals surface area contributed by atoms with Crippen LogP contribution in [0, 0.1) is 6.92 Å². The highest BCUT2D eigenvalue weighted by Crippen LogP contribution is 2.28. The van der Waals surface area contributed by atoms with Crippen molar-refractivity contribution in [1.29, 1.82) is 0 Å². The summed E-state index contributed by atoms with van der Waals surface area (Å²) < 4.78 is 11.3. The van der Waals surface area contributed by atoms with Crippen LogP contribution in [-0.2, 0) is 11.3 Å². The highest BCUT2D eigenvalue weighted by molar-refractivity contribution is 6.05. The molecule has 0 fully saturated rings. The molecule has 1 aliphatic rings. The Morgan fingerprint density at radius 3 is 2.54 bits per heavy atom. The summed E-state index contributed by atoms with van der Waals surface area (Å²) in [5.41, 5.74) is 5.49. The van der Waals surface area contributed by atoms with Gasteiger partial charge in [-0.25, -0.2) is 14.8 Å². The Bertz CT molecular complexity index is 1730. The summed E-state index contributed by atoms with van der Waals surface area (Å²) in [4.78, 5) is 36.8. The van der Waals surface area contributed by atoms with E-state index in [4.69, 9.17) is 14.5 Å². The van der Waals surface area contributed by atoms with Crippen LogP contribution in [-0.4, -0.2) is 52.7 Å². The second kappa shape index (κ2) is 14.3. The SMILES string of the molecule is Cc1cc2cc(c1)-c1ccnc(n1)Nc1cc(cc(NC(=O)c3ccc(NC(=O)OC(C)(C)C)cc3)c1)CN(C)C/C=C/CCO2. The van der Waals surface area contributed by atoms with E-state index in [1.807, 2.05) is 50.4 Å². The third-order valence-electron chi connectivity index (χ3n) is 6.89. The minimum absolute atomic E-state index is 0.284. The summed E-state index contributed by atoms with van der Waals surface area (Å²) in [5.74, 6) is 0.951. The molecule has 0 saturated carbocycles. The van der Waals surface area contributed by atoms with Gasteiger partial charge in [-0.3, -0.25) is 15.0 Å². The first kappa shape index (κ1) is 32.2. The van der Waals surface area contributed by atoms with Gasteiger partial charge in [0.25, 0.3) is 5.91 Å². The van der Waals surface area contributed by atoms with Gasteiger partial charge in [-0.1, -0.05) is 12.2 Å². The molecule has 1 aromatic heterocycles. The average Bonchev–Trinajstić information content (AvgIpc) is 2.97. The van der Waals surface area contributed by atoms with Gasteiger partial charge in [-0.2, -0.15) is 0 Å². The number of aryl methyl sites for hydroxylation is 1. The van der Waals surface area contributed by atoms with Gasteiger partial charge < -0.3 is 20.1 Å². The molecule has 6 bridgehead atoms. The monoisotopic (exact) mass is 620 g/mol. The Kier molecular flexibility index (Phi) is 9.97. The van der Waals surface area contributed by atoms with Gasteiger partial charge in [-0.15, -0.1) is 0 Å². The van der Waals surface area contributed by atoms with Crippen molar-refractivity contribution in [1.82, 2.24) is 14.9 Å². The molecule has 0 spiro atoms. The molecular weight excluding hydrogens is 580 g/mol. The molecule has 0 saturated heterocycles. The molecule has 10 heteroatoms. The highest BCUT2D eigenvalue weighted by Gasteiger charge is 2.17. The van der Waals surface area contributed by atoms with Crippen LogP contribution < -0.4 is 20.7 Å². The van der Waals surface area contributed by atoms with Crippen molar-refractivity contribution in [3.63, 3.8) is 0 Å². The number of carbonyl (C=O) groups is 2. The van der Waals surface area contributed by atoms with Crippen LogP contribution in [0.3, 0.4) is 0 Å². The summed E-state index contributed by atoms with van der Waals surface area (Å²) >= 11 is 0. The topological polar surface area (TPSA) is 118 Å². The van der Waals surface area contributed by atoms with Crippen LogP contribution in [0.2, 0.25) is 0 Å². The van der Waals surface area contributed by atoms with Crippen molar-refractivity contribution in [2.75, 3.05) is 36.1 Å². The number of hydrogen-bond donors (Lipinski definition) is 3. The van der Waals surface area contributed by atoms with Crippen LogP contribution >= 0.6 is 0 Å². The van der Waals surface area contributed by atoms with Crippen molar-refractivity contribution in [2.24, 2.45) is 0 Å². The number of ether oxygens (including phenoxy) is 2. The van der Waals surface area contributed by atoms with E-state index in [2.05, 4.69) is 44.1 Å². The molecule has 0 aliphatic carbocycles. The fourth-order valence-corrected chi connectivity index (χ4v) is 4.94. The van der Waals surface area contributed by atoms with E-state index >= 15 is 0 Å². The fraction of sp³-hybridized carbons (Fsp3) is 0.278. The fourth-order valence-electron chi connectivity index (χ4n) is 4.94. The highest BCUT2D eigenvalue weighted by atomic mass is 16.6. The minimum atomic E-state index is -0.611. The number of amides is 2. The molecule has 238 valence electrons. The normalized spacial score (nSPS) is 14.5. The molecule has 0 radical (unpaired) electrons.